The molecule has 1 aromatic heterocycles. The molecular formula is C12H11F2N3. The number of anilines is 3. The van der Waals surface area contributed by atoms with Gasteiger partial charge in [0.25, 0.3) is 0 Å². The minimum absolute atomic E-state index is 0.218. The number of aromatic nitrogens is 1. The number of halogens is 2. The van der Waals surface area contributed by atoms with E-state index in [0.717, 1.165) is 0 Å². The van der Waals surface area contributed by atoms with Gasteiger partial charge < -0.3 is 11.1 Å². The first-order chi connectivity index (χ1) is 8.08. The highest BCUT2D eigenvalue weighted by Gasteiger charge is 2.09. The summed E-state index contributed by atoms with van der Waals surface area (Å²) in [6.07, 6.45) is 0. The van der Waals surface area contributed by atoms with Crippen LogP contribution in [0.25, 0.3) is 0 Å². The van der Waals surface area contributed by atoms with Gasteiger partial charge in [-0.3, -0.25) is 0 Å². The minimum Gasteiger partial charge on any atom is -0.397 e. The van der Waals surface area contributed by atoms with Crippen LogP contribution in [0.2, 0.25) is 0 Å². The van der Waals surface area contributed by atoms with Gasteiger partial charge in [-0.15, -0.1) is 0 Å². The summed E-state index contributed by atoms with van der Waals surface area (Å²) in [6.45, 7) is 1.72. The summed E-state index contributed by atoms with van der Waals surface area (Å²) < 4.78 is 26.7. The number of para-hydroxylation sites is 1. The van der Waals surface area contributed by atoms with Crippen molar-refractivity contribution in [2.75, 3.05) is 11.1 Å². The van der Waals surface area contributed by atoms with Crippen molar-refractivity contribution in [3.8, 4) is 0 Å². The second-order valence-corrected chi connectivity index (χ2v) is 3.59. The minimum atomic E-state index is -0.665. The Kier molecular flexibility index (Phi) is 2.91. The van der Waals surface area contributed by atoms with Gasteiger partial charge in [0.05, 0.1) is 11.4 Å². The summed E-state index contributed by atoms with van der Waals surface area (Å²) in [5, 5.41) is 2.59. The smallest absolute Gasteiger partial charge is 0.149 e. The maximum atomic E-state index is 13.4. The van der Waals surface area contributed by atoms with Crippen LogP contribution in [0.15, 0.2) is 30.3 Å². The Bertz CT molecular complexity index is 535. The highest BCUT2D eigenvalue weighted by Crippen LogP contribution is 2.23. The van der Waals surface area contributed by atoms with Crippen molar-refractivity contribution in [2.45, 2.75) is 6.92 Å². The maximum absolute atomic E-state index is 13.4. The molecule has 0 radical (unpaired) electrons. The molecule has 3 N–H and O–H groups in total. The molecule has 0 fully saturated rings. The molecule has 88 valence electrons. The molecule has 1 heterocycles. The molecule has 0 saturated carbocycles. The molecule has 0 amide bonds. The first-order valence-electron chi connectivity index (χ1n) is 5.02. The Balaban J connectivity index is 2.35. The van der Waals surface area contributed by atoms with Gasteiger partial charge in [-0.25, -0.2) is 13.8 Å². The van der Waals surface area contributed by atoms with Crippen LogP contribution >= 0.6 is 0 Å². The van der Waals surface area contributed by atoms with Crippen molar-refractivity contribution >= 4 is 17.2 Å². The van der Waals surface area contributed by atoms with Crippen LogP contribution in [0.4, 0.5) is 26.0 Å². The van der Waals surface area contributed by atoms with E-state index in [4.69, 9.17) is 5.73 Å². The van der Waals surface area contributed by atoms with Crippen molar-refractivity contribution < 1.29 is 8.78 Å². The Morgan fingerprint density at radius 1 is 1.12 bits per heavy atom. The monoisotopic (exact) mass is 235 g/mol. The zero-order valence-electron chi connectivity index (χ0n) is 9.17. The number of benzene rings is 1. The number of hydrogen-bond acceptors (Lipinski definition) is 3. The predicted octanol–water partition coefficient (Wildman–Crippen LogP) is 2.99. The highest BCUT2D eigenvalue weighted by atomic mass is 19.1. The molecule has 0 spiro atoms. The largest absolute Gasteiger partial charge is 0.397 e. The number of pyridine rings is 1. The van der Waals surface area contributed by atoms with Crippen LogP contribution in [0.3, 0.4) is 0 Å². The zero-order valence-corrected chi connectivity index (χ0v) is 9.17. The number of nitrogen functional groups attached to an aromatic ring is 1. The summed E-state index contributed by atoms with van der Waals surface area (Å²) in [4.78, 5) is 4.08. The molecule has 0 atom stereocenters. The number of rotatable bonds is 2. The molecule has 0 aliphatic carbocycles. The van der Waals surface area contributed by atoms with E-state index >= 15 is 0 Å². The number of aryl methyl sites for hydroxylation is 1. The van der Waals surface area contributed by atoms with Gasteiger partial charge in [0.15, 0.2) is 0 Å². The van der Waals surface area contributed by atoms with Crippen molar-refractivity contribution in [3.63, 3.8) is 0 Å². The Labute approximate surface area is 97.3 Å². The van der Waals surface area contributed by atoms with Crippen LogP contribution in [0, 0.1) is 18.6 Å². The fourth-order valence-electron chi connectivity index (χ4n) is 1.39. The van der Waals surface area contributed by atoms with Crippen LogP contribution in [-0.4, -0.2) is 4.98 Å². The molecule has 17 heavy (non-hydrogen) atoms. The molecule has 5 heteroatoms. The average molecular weight is 235 g/mol. The first-order valence-corrected chi connectivity index (χ1v) is 5.02. The quantitative estimate of drug-likeness (QED) is 0.841. The highest BCUT2D eigenvalue weighted by molar-refractivity contribution is 5.59. The van der Waals surface area contributed by atoms with Gasteiger partial charge in [0, 0.05) is 0 Å². The van der Waals surface area contributed by atoms with Crippen LogP contribution in [0.1, 0.15) is 5.69 Å². The zero-order chi connectivity index (χ0) is 12.4. The molecule has 3 nitrogen and oxygen atoms in total. The van der Waals surface area contributed by atoms with E-state index in [2.05, 4.69) is 10.3 Å². The Morgan fingerprint density at radius 3 is 2.35 bits per heavy atom. The summed E-state index contributed by atoms with van der Waals surface area (Å²) >= 11 is 0. The number of nitrogens with zero attached hydrogens (tertiary/aromatic N) is 1. The van der Waals surface area contributed by atoms with Crippen molar-refractivity contribution in [3.05, 3.63) is 47.7 Å². The molecule has 0 aliphatic heterocycles. The average Bonchev–Trinajstić information content (AvgIpc) is 2.28. The first kappa shape index (κ1) is 11.3. The van der Waals surface area contributed by atoms with Gasteiger partial charge in [0.1, 0.15) is 23.1 Å². The van der Waals surface area contributed by atoms with Crippen LogP contribution < -0.4 is 11.1 Å². The SMILES string of the molecule is Cc1nc(Nc2c(F)cccc2F)ccc1N. The standard InChI is InChI=1S/C12H11F2N3/c1-7-10(15)5-6-11(16-7)17-12-8(13)3-2-4-9(12)14/h2-6H,15H2,1H3,(H,16,17). The number of nitrogens with one attached hydrogen (secondary N) is 1. The van der Waals surface area contributed by atoms with Crippen LogP contribution in [-0.2, 0) is 0 Å². The third-order valence-corrected chi connectivity index (χ3v) is 2.34. The second kappa shape index (κ2) is 4.37. The predicted molar refractivity (Wildman–Crippen MR) is 63.0 cm³/mol. The molecule has 2 aromatic rings. The third-order valence-electron chi connectivity index (χ3n) is 2.34. The lowest BCUT2D eigenvalue weighted by atomic mass is 10.2. The summed E-state index contributed by atoms with van der Waals surface area (Å²) in [5.74, 6) is -0.983. The molecule has 0 aliphatic rings. The molecule has 2 rings (SSSR count). The summed E-state index contributed by atoms with van der Waals surface area (Å²) in [6, 6.07) is 6.85. The van der Waals surface area contributed by atoms with Crippen molar-refractivity contribution in [2.24, 2.45) is 0 Å². The van der Waals surface area contributed by atoms with Crippen molar-refractivity contribution in [1.82, 2.24) is 4.98 Å². The molecule has 0 saturated heterocycles. The van der Waals surface area contributed by atoms with Gasteiger partial charge in [-0.1, -0.05) is 6.07 Å². The van der Waals surface area contributed by atoms with E-state index in [1.54, 1.807) is 19.1 Å². The lowest BCUT2D eigenvalue weighted by Crippen LogP contribution is -2.01. The van der Waals surface area contributed by atoms with Gasteiger partial charge in [-0.2, -0.15) is 0 Å². The number of hydrogen-bond donors (Lipinski definition) is 2. The molecule has 1 aromatic carbocycles. The van der Waals surface area contributed by atoms with Crippen molar-refractivity contribution in [1.29, 1.82) is 0 Å². The van der Waals surface area contributed by atoms with Crippen LogP contribution in [0.5, 0.6) is 0 Å². The van der Waals surface area contributed by atoms with E-state index < -0.39 is 11.6 Å². The Hall–Kier alpha value is -2.17. The molecule has 0 bridgehead atoms. The third kappa shape index (κ3) is 2.33. The van der Waals surface area contributed by atoms with E-state index in [1.165, 1.54) is 18.2 Å². The van der Waals surface area contributed by atoms with Gasteiger partial charge in [0.2, 0.25) is 0 Å². The molecule has 0 unspecified atom stereocenters. The fraction of sp³-hybridized carbons (Fsp3) is 0.0833. The fourth-order valence-corrected chi connectivity index (χ4v) is 1.39. The van der Waals surface area contributed by atoms with E-state index in [9.17, 15) is 8.78 Å². The Morgan fingerprint density at radius 2 is 1.76 bits per heavy atom. The van der Waals surface area contributed by atoms with E-state index in [0.29, 0.717) is 17.2 Å². The number of nitrogens with two attached hydrogens (primary N) is 1. The topological polar surface area (TPSA) is 50.9 Å². The van der Waals surface area contributed by atoms with E-state index in [1.807, 2.05) is 0 Å². The normalized spacial score (nSPS) is 10.3. The van der Waals surface area contributed by atoms with E-state index in [-0.39, 0.29) is 5.69 Å². The summed E-state index contributed by atoms with van der Waals surface area (Å²) in [5.41, 5.74) is 6.52. The van der Waals surface area contributed by atoms with Gasteiger partial charge in [-0.05, 0) is 31.2 Å². The molecular weight excluding hydrogens is 224 g/mol. The second-order valence-electron chi connectivity index (χ2n) is 3.59. The summed E-state index contributed by atoms with van der Waals surface area (Å²) in [7, 11) is 0. The maximum Gasteiger partial charge on any atom is 0.149 e. The lowest BCUT2D eigenvalue weighted by molar-refractivity contribution is 0.590. The van der Waals surface area contributed by atoms with Gasteiger partial charge >= 0.3 is 0 Å². The lowest BCUT2D eigenvalue weighted by Gasteiger charge is -2.09.